The van der Waals surface area contributed by atoms with Crippen molar-refractivity contribution in [2.75, 3.05) is 18.0 Å². The van der Waals surface area contributed by atoms with Gasteiger partial charge in [0.25, 0.3) is 0 Å². The van der Waals surface area contributed by atoms with E-state index in [1.807, 2.05) is 17.0 Å². The molecular weight excluding hydrogens is 198 g/mol. The first-order valence-electron chi connectivity index (χ1n) is 4.36. The average Bonchev–Trinajstić information content (AvgIpc) is 2.13. The van der Waals surface area contributed by atoms with Crippen LogP contribution < -0.4 is 10.6 Å². The van der Waals surface area contributed by atoms with Gasteiger partial charge in [0.1, 0.15) is 10.7 Å². The maximum absolute atomic E-state index is 9.18. The summed E-state index contributed by atoms with van der Waals surface area (Å²) in [4.78, 5) is 6.42. The van der Waals surface area contributed by atoms with Crippen molar-refractivity contribution in [1.82, 2.24) is 4.98 Å². The Bertz CT molecular complexity index is 363. The highest BCUT2D eigenvalue weighted by atomic mass is 32.1. The van der Waals surface area contributed by atoms with Gasteiger partial charge in [-0.05, 0) is 12.1 Å². The van der Waals surface area contributed by atoms with Crippen LogP contribution in [0.15, 0.2) is 18.3 Å². The van der Waals surface area contributed by atoms with Crippen molar-refractivity contribution in [1.29, 1.82) is 0 Å². The molecule has 1 saturated heterocycles. The summed E-state index contributed by atoms with van der Waals surface area (Å²) in [6, 6.07) is 3.75. The standard InChI is InChI=1S/C9H11N3OS/c10-9(14)8-7(2-1-3-11-8)12-4-6(13)5-12/h1-3,6,13H,4-5H2,(H2,10,14). The summed E-state index contributed by atoms with van der Waals surface area (Å²) in [5.74, 6) is 0. The smallest absolute Gasteiger partial charge is 0.124 e. The Labute approximate surface area is 87.4 Å². The summed E-state index contributed by atoms with van der Waals surface area (Å²) in [7, 11) is 0. The third kappa shape index (κ3) is 1.56. The average molecular weight is 209 g/mol. The Morgan fingerprint density at radius 3 is 2.93 bits per heavy atom. The van der Waals surface area contributed by atoms with E-state index < -0.39 is 0 Å². The van der Waals surface area contributed by atoms with Gasteiger partial charge in [-0.25, -0.2) is 0 Å². The van der Waals surface area contributed by atoms with Crippen LogP contribution in [0.1, 0.15) is 5.69 Å². The number of aliphatic hydroxyl groups excluding tert-OH is 1. The topological polar surface area (TPSA) is 62.4 Å². The predicted octanol–water partition coefficient (Wildman–Crippen LogP) is -0.103. The molecule has 3 N–H and O–H groups in total. The Kier molecular flexibility index (Phi) is 2.35. The number of pyridine rings is 1. The van der Waals surface area contributed by atoms with Crippen LogP contribution in [-0.2, 0) is 0 Å². The molecule has 1 aliphatic rings. The van der Waals surface area contributed by atoms with E-state index >= 15 is 0 Å². The van der Waals surface area contributed by atoms with Crippen molar-refractivity contribution in [2.24, 2.45) is 5.73 Å². The second-order valence-electron chi connectivity index (χ2n) is 3.29. The maximum Gasteiger partial charge on any atom is 0.124 e. The van der Waals surface area contributed by atoms with Gasteiger partial charge in [-0.3, -0.25) is 4.98 Å². The molecule has 0 aliphatic carbocycles. The highest BCUT2D eigenvalue weighted by Gasteiger charge is 2.26. The van der Waals surface area contributed by atoms with Crippen LogP contribution in [0.3, 0.4) is 0 Å². The van der Waals surface area contributed by atoms with Crippen LogP contribution in [0.25, 0.3) is 0 Å². The molecule has 1 aromatic rings. The molecule has 5 heteroatoms. The van der Waals surface area contributed by atoms with E-state index in [-0.39, 0.29) is 6.10 Å². The first-order valence-corrected chi connectivity index (χ1v) is 4.77. The Hall–Kier alpha value is -1.20. The van der Waals surface area contributed by atoms with Crippen LogP contribution in [0, 0.1) is 0 Å². The van der Waals surface area contributed by atoms with Gasteiger partial charge in [0.2, 0.25) is 0 Å². The summed E-state index contributed by atoms with van der Waals surface area (Å²) in [5.41, 5.74) is 7.09. The van der Waals surface area contributed by atoms with Gasteiger partial charge in [0, 0.05) is 19.3 Å². The summed E-state index contributed by atoms with van der Waals surface area (Å²) < 4.78 is 0. The normalized spacial score (nSPS) is 16.5. The SMILES string of the molecule is NC(=S)c1ncccc1N1CC(O)C1. The van der Waals surface area contributed by atoms with Gasteiger partial charge in [0.05, 0.1) is 11.8 Å². The fourth-order valence-electron chi connectivity index (χ4n) is 1.49. The molecule has 4 nitrogen and oxygen atoms in total. The third-order valence-corrected chi connectivity index (χ3v) is 2.42. The van der Waals surface area contributed by atoms with Gasteiger partial charge < -0.3 is 15.7 Å². The van der Waals surface area contributed by atoms with E-state index in [0.29, 0.717) is 23.8 Å². The number of thiocarbonyl (C=S) groups is 1. The summed E-state index contributed by atoms with van der Waals surface area (Å²) >= 11 is 4.90. The second-order valence-corrected chi connectivity index (χ2v) is 3.73. The molecule has 74 valence electrons. The van der Waals surface area contributed by atoms with Gasteiger partial charge >= 0.3 is 0 Å². The minimum absolute atomic E-state index is 0.241. The summed E-state index contributed by atoms with van der Waals surface area (Å²) in [6.07, 6.45) is 1.42. The van der Waals surface area contributed by atoms with Crippen LogP contribution in [0.5, 0.6) is 0 Å². The Morgan fingerprint density at radius 2 is 2.36 bits per heavy atom. The Balaban J connectivity index is 2.28. The van der Waals surface area contributed by atoms with Crippen molar-refractivity contribution < 1.29 is 5.11 Å². The molecule has 0 radical (unpaired) electrons. The van der Waals surface area contributed by atoms with E-state index in [1.54, 1.807) is 6.20 Å². The van der Waals surface area contributed by atoms with Crippen LogP contribution in [-0.4, -0.2) is 34.3 Å². The van der Waals surface area contributed by atoms with Crippen molar-refractivity contribution in [3.63, 3.8) is 0 Å². The maximum atomic E-state index is 9.18. The number of nitrogens with two attached hydrogens (primary N) is 1. The first kappa shape index (κ1) is 9.36. The lowest BCUT2D eigenvalue weighted by atomic mass is 10.1. The van der Waals surface area contributed by atoms with E-state index in [9.17, 15) is 5.11 Å². The minimum atomic E-state index is -0.241. The Morgan fingerprint density at radius 1 is 1.64 bits per heavy atom. The lowest BCUT2D eigenvalue weighted by Crippen LogP contribution is -2.51. The number of aliphatic hydroxyl groups is 1. The summed E-state index contributed by atoms with van der Waals surface area (Å²) in [6.45, 7) is 1.25. The molecule has 0 atom stereocenters. The largest absolute Gasteiger partial charge is 0.389 e. The number of nitrogens with zero attached hydrogens (tertiary/aromatic N) is 2. The number of hydrogen-bond acceptors (Lipinski definition) is 4. The van der Waals surface area contributed by atoms with E-state index in [4.69, 9.17) is 18.0 Å². The van der Waals surface area contributed by atoms with Crippen molar-refractivity contribution >= 4 is 22.9 Å². The predicted molar refractivity (Wildman–Crippen MR) is 58.3 cm³/mol. The molecule has 0 unspecified atom stereocenters. The second kappa shape index (κ2) is 3.51. The van der Waals surface area contributed by atoms with Crippen molar-refractivity contribution in [3.05, 3.63) is 24.0 Å². The van der Waals surface area contributed by atoms with Gasteiger partial charge in [-0.2, -0.15) is 0 Å². The molecular formula is C9H11N3OS. The lowest BCUT2D eigenvalue weighted by molar-refractivity contribution is 0.142. The molecule has 0 spiro atoms. The highest BCUT2D eigenvalue weighted by molar-refractivity contribution is 7.80. The number of hydrogen-bond donors (Lipinski definition) is 2. The number of aromatic nitrogens is 1. The zero-order valence-corrected chi connectivity index (χ0v) is 8.37. The molecule has 0 bridgehead atoms. The zero-order chi connectivity index (χ0) is 10.1. The minimum Gasteiger partial charge on any atom is -0.389 e. The highest BCUT2D eigenvalue weighted by Crippen LogP contribution is 2.23. The molecule has 14 heavy (non-hydrogen) atoms. The van der Waals surface area contributed by atoms with E-state index in [1.165, 1.54) is 0 Å². The van der Waals surface area contributed by atoms with E-state index in [0.717, 1.165) is 5.69 Å². The van der Waals surface area contributed by atoms with Crippen LogP contribution in [0.2, 0.25) is 0 Å². The quantitative estimate of drug-likeness (QED) is 0.666. The molecule has 2 heterocycles. The third-order valence-electron chi connectivity index (χ3n) is 2.22. The molecule has 0 aromatic carbocycles. The summed E-state index contributed by atoms with van der Waals surface area (Å²) in [5, 5.41) is 9.18. The van der Waals surface area contributed by atoms with Gasteiger partial charge in [-0.15, -0.1) is 0 Å². The molecule has 1 aromatic heterocycles. The monoisotopic (exact) mass is 209 g/mol. The fraction of sp³-hybridized carbons (Fsp3) is 0.333. The molecule has 0 amide bonds. The van der Waals surface area contributed by atoms with Crippen molar-refractivity contribution in [3.8, 4) is 0 Å². The van der Waals surface area contributed by atoms with E-state index in [2.05, 4.69) is 4.98 Å². The number of anilines is 1. The van der Waals surface area contributed by atoms with Crippen LogP contribution in [0.4, 0.5) is 5.69 Å². The lowest BCUT2D eigenvalue weighted by Gasteiger charge is -2.38. The fourth-order valence-corrected chi connectivity index (χ4v) is 1.65. The van der Waals surface area contributed by atoms with Gasteiger partial charge in [0.15, 0.2) is 0 Å². The molecule has 1 aliphatic heterocycles. The van der Waals surface area contributed by atoms with Crippen LogP contribution >= 0.6 is 12.2 Å². The number of β-amino-alcohol motifs (C(OH)–C–C–N with tert-alkyl or cyclic N) is 1. The molecule has 2 rings (SSSR count). The molecule has 0 saturated carbocycles. The molecule has 1 fully saturated rings. The van der Waals surface area contributed by atoms with Crippen molar-refractivity contribution in [2.45, 2.75) is 6.10 Å². The number of rotatable bonds is 2. The first-order chi connectivity index (χ1) is 6.68. The zero-order valence-electron chi connectivity index (χ0n) is 7.55. The van der Waals surface area contributed by atoms with Gasteiger partial charge in [-0.1, -0.05) is 12.2 Å².